The maximum absolute atomic E-state index is 10.7. The molecule has 0 aromatic heterocycles. The zero-order valence-electron chi connectivity index (χ0n) is 15.0. The van der Waals surface area contributed by atoms with Gasteiger partial charge >= 0.3 is 35.5 Å². The molecule has 4 nitrogen and oxygen atoms in total. The van der Waals surface area contributed by atoms with Crippen LogP contribution in [0.5, 0.6) is 0 Å². The molecule has 0 fully saturated rings. The molecule has 0 heterocycles. The maximum atomic E-state index is 10.7. The van der Waals surface area contributed by atoms with Gasteiger partial charge in [0.05, 0.1) is 12.6 Å². The molecular weight excluding hydrogens is 303 g/mol. The van der Waals surface area contributed by atoms with Gasteiger partial charge in [0.15, 0.2) is 0 Å². The van der Waals surface area contributed by atoms with Crippen molar-refractivity contribution in [2.24, 2.45) is 0 Å². The minimum absolute atomic E-state index is 0. The predicted molar refractivity (Wildman–Crippen MR) is 88.2 cm³/mol. The fraction of sp³-hybridized carbons (Fsp3) is 0.667. The summed E-state index contributed by atoms with van der Waals surface area (Å²) < 4.78 is 4.91. The van der Waals surface area contributed by atoms with E-state index in [1.807, 2.05) is 0 Å². The predicted octanol–water partition coefficient (Wildman–Crippen LogP) is 0.563. The van der Waals surface area contributed by atoms with Crippen molar-refractivity contribution in [1.82, 2.24) is 0 Å². The van der Waals surface area contributed by atoms with E-state index in [9.17, 15) is 4.79 Å². The summed E-state index contributed by atoms with van der Waals surface area (Å²) in [6.45, 7) is 9.05. The zero-order valence-corrected chi connectivity index (χ0v) is 17.0. The number of carbonyl (C=O) groups excluding carboxylic acids is 2. The number of ether oxygens (including phenoxy) is 1. The van der Waals surface area contributed by atoms with Crippen LogP contribution in [0.1, 0.15) is 71.1 Å². The van der Waals surface area contributed by atoms with Crippen molar-refractivity contribution in [3.05, 3.63) is 25.3 Å². The van der Waals surface area contributed by atoms with Gasteiger partial charge in [-0.05, 0) is 12.5 Å². The van der Waals surface area contributed by atoms with Crippen molar-refractivity contribution < 1.29 is 49.0 Å². The molecule has 0 aromatic rings. The first-order valence-corrected chi connectivity index (χ1v) is 8.21. The van der Waals surface area contributed by atoms with E-state index >= 15 is 0 Å². The molecule has 23 heavy (non-hydrogen) atoms. The average molecular weight is 334 g/mol. The van der Waals surface area contributed by atoms with E-state index < -0.39 is 5.97 Å². The van der Waals surface area contributed by atoms with Crippen LogP contribution in [-0.2, 0) is 14.3 Å². The first-order valence-electron chi connectivity index (χ1n) is 8.21. The summed E-state index contributed by atoms with van der Waals surface area (Å²) in [5.41, 5.74) is 0. The van der Waals surface area contributed by atoms with Gasteiger partial charge in [-0.3, -0.25) is 0 Å². The van der Waals surface area contributed by atoms with Crippen LogP contribution in [0.15, 0.2) is 25.3 Å². The molecule has 0 aromatic carbocycles. The monoisotopic (exact) mass is 334 g/mol. The molecule has 5 heteroatoms. The van der Waals surface area contributed by atoms with Crippen LogP contribution in [0, 0.1) is 0 Å². The zero-order chi connectivity index (χ0) is 17.1. The van der Waals surface area contributed by atoms with Gasteiger partial charge < -0.3 is 14.6 Å². The van der Waals surface area contributed by atoms with E-state index in [0.29, 0.717) is 6.61 Å². The van der Waals surface area contributed by atoms with Crippen LogP contribution >= 0.6 is 0 Å². The second kappa shape index (κ2) is 23.7. The van der Waals surface area contributed by atoms with Crippen molar-refractivity contribution in [3.63, 3.8) is 0 Å². The van der Waals surface area contributed by atoms with E-state index in [4.69, 9.17) is 14.6 Å². The Balaban J connectivity index is -0.000000578. The second-order valence-electron chi connectivity index (χ2n) is 5.08. The van der Waals surface area contributed by atoms with Crippen molar-refractivity contribution in [3.8, 4) is 0 Å². The molecule has 0 atom stereocenters. The Morgan fingerprint density at radius 2 is 1.26 bits per heavy atom. The van der Waals surface area contributed by atoms with Gasteiger partial charge in [0, 0.05) is 6.08 Å². The van der Waals surface area contributed by atoms with Gasteiger partial charge in [0.25, 0.3) is 0 Å². The number of unbranched alkanes of at least 4 members (excludes halogenated alkanes) is 9. The number of aliphatic carboxylic acids is 1. The molecule has 0 N–H and O–H groups in total. The molecule has 0 spiro atoms. The van der Waals surface area contributed by atoms with Gasteiger partial charge in [0.1, 0.15) is 0 Å². The quantitative estimate of drug-likeness (QED) is 0.214. The summed E-state index contributed by atoms with van der Waals surface area (Å²) in [5, 5.41) is 9.14. The Morgan fingerprint density at radius 3 is 1.61 bits per heavy atom. The summed E-state index contributed by atoms with van der Waals surface area (Å²) in [5.74, 6) is -1.54. The molecule has 0 saturated carbocycles. The summed E-state index contributed by atoms with van der Waals surface area (Å²) in [4.78, 5) is 19.9. The van der Waals surface area contributed by atoms with Crippen LogP contribution in [0.4, 0.5) is 0 Å². The summed E-state index contributed by atoms with van der Waals surface area (Å²) in [6, 6.07) is 0. The van der Waals surface area contributed by atoms with E-state index in [1.54, 1.807) is 0 Å². The van der Waals surface area contributed by atoms with Crippen molar-refractivity contribution in [2.75, 3.05) is 6.61 Å². The number of carbonyl (C=O) groups is 2. The second-order valence-corrected chi connectivity index (χ2v) is 5.08. The van der Waals surface area contributed by atoms with E-state index in [0.717, 1.165) is 12.5 Å². The fourth-order valence-corrected chi connectivity index (χ4v) is 1.82. The average Bonchev–Trinajstić information content (AvgIpc) is 2.52. The molecule has 0 aliphatic heterocycles. The van der Waals surface area contributed by atoms with E-state index in [-0.39, 0.29) is 35.5 Å². The van der Waals surface area contributed by atoms with Gasteiger partial charge in [-0.1, -0.05) is 77.9 Å². The van der Waals surface area contributed by atoms with Crippen LogP contribution in [0.3, 0.4) is 0 Å². The Bertz CT molecular complexity index is 303. The molecule has 0 aliphatic rings. The number of carboxylic acids is 1. The number of carboxylic acid groups (broad SMARTS) is 1. The third-order valence-electron chi connectivity index (χ3n) is 3.08. The standard InChI is InChI=1S/C15H28O2.C3H4O2.Na/c1-3-5-6-7-8-9-10-11-12-13-14-17-15(16)4-2;1-2-3(4)5;/h4H,2-3,5-14H2,1H3;2H,1H2,(H,4,5);/q;;+1/p-1. The molecule has 0 saturated heterocycles. The molecular formula is C18H31NaO4. The van der Waals surface area contributed by atoms with Crippen molar-refractivity contribution in [1.29, 1.82) is 0 Å². The Morgan fingerprint density at radius 1 is 0.870 bits per heavy atom. The van der Waals surface area contributed by atoms with Crippen LogP contribution in [0.25, 0.3) is 0 Å². The van der Waals surface area contributed by atoms with Gasteiger partial charge in [-0.25, -0.2) is 4.79 Å². The van der Waals surface area contributed by atoms with Gasteiger partial charge in [0.2, 0.25) is 0 Å². The van der Waals surface area contributed by atoms with Gasteiger partial charge in [-0.15, -0.1) is 0 Å². The van der Waals surface area contributed by atoms with Gasteiger partial charge in [-0.2, -0.15) is 0 Å². The maximum Gasteiger partial charge on any atom is 1.00 e. The van der Waals surface area contributed by atoms with Crippen LogP contribution < -0.4 is 34.7 Å². The molecule has 0 radical (unpaired) electrons. The molecule has 0 unspecified atom stereocenters. The number of hydrogen-bond acceptors (Lipinski definition) is 4. The summed E-state index contributed by atoms with van der Waals surface area (Å²) in [6.07, 6.45) is 14.9. The van der Waals surface area contributed by atoms with E-state index in [2.05, 4.69) is 20.1 Å². The Kier molecular flexibility index (Phi) is 28.1. The van der Waals surface area contributed by atoms with Crippen molar-refractivity contribution >= 4 is 11.9 Å². The molecule has 0 aliphatic carbocycles. The summed E-state index contributed by atoms with van der Waals surface area (Å²) >= 11 is 0. The van der Waals surface area contributed by atoms with Crippen LogP contribution in [0.2, 0.25) is 0 Å². The Hall–Kier alpha value is -0.580. The SMILES string of the molecule is C=CC(=O)OCCCCCCCCCCCC.C=CC(=O)[O-].[Na+]. The minimum Gasteiger partial charge on any atom is -0.545 e. The molecule has 0 bridgehead atoms. The third-order valence-corrected chi connectivity index (χ3v) is 3.08. The topological polar surface area (TPSA) is 66.4 Å². The first-order chi connectivity index (χ1) is 10.6. The normalized spacial score (nSPS) is 8.91. The smallest absolute Gasteiger partial charge is 0.545 e. The fourth-order valence-electron chi connectivity index (χ4n) is 1.82. The van der Waals surface area contributed by atoms with Crippen LogP contribution in [-0.4, -0.2) is 18.5 Å². The molecule has 128 valence electrons. The number of rotatable bonds is 13. The van der Waals surface area contributed by atoms with Crippen molar-refractivity contribution in [2.45, 2.75) is 71.1 Å². The summed E-state index contributed by atoms with van der Waals surface area (Å²) in [7, 11) is 0. The number of esters is 1. The molecule has 0 rings (SSSR count). The number of hydrogen-bond donors (Lipinski definition) is 0. The molecule has 0 amide bonds. The minimum atomic E-state index is -1.23. The van der Waals surface area contributed by atoms with E-state index in [1.165, 1.54) is 63.9 Å². The third kappa shape index (κ3) is 30.0. The first kappa shape index (κ1) is 27.3. The largest absolute Gasteiger partial charge is 1.00 e. The Labute approximate surface area is 163 Å².